The number of aliphatic carboxylic acids is 1. The fraction of sp³-hybridized carbons (Fsp3) is 0.875. The molecule has 0 unspecified atom stereocenters. The molecule has 2 atom stereocenters. The first-order chi connectivity index (χ1) is 10.7. The van der Waals surface area contributed by atoms with Crippen LogP contribution in [-0.4, -0.2) is 61.3 Å². The van der Waals surface area contributed by atoms with Crippen molar-refractivity contribution >= 4 is 11.9 Å². The first kappa shape index (κ1) is 15.7. The maximum Gasteiger partial charge on any atom is 0.307 e. The monoisotopic (exact) mass is 310 g/mol. The van der Waals surface area contributed by atoms with Crippen LogP contribution in [0.2, 0.25) is 0 Å². The van der Waals surface area contributed by atoms with E-state index in [0.717, 1.165) is 58.5 Å². The van der Waals surface area contributed by atoms with Gasteiger partial charge in [0, 0.05) is 26.2 Å². The van der Waals surface area contributed by atoms with E-state index >= 15 is 0 Å². The molecule has 0 aromatic rings. The van der Waals surface area contributed by atoms with Crippen molar-refractivity contribution in [2.24, 2.45) is 23.7 Å². The molecule has 4 aliphatic rings. The number of hydrogen-bond acceptors (Lipinski definition) is 4. The van der Waals surface area contributed by atoms with Crippen LogP contribution in [0.1, 0.15) is 25.7 Å². The third-order valence-corrected chi connectivity index (χ3v) is 5.64. The molecule has 124 valence electrons. The molecule has 22 heavy (non-hydrogen) atoms. The van der Waals surface area contributed by atoms with Crippen molar-refractivity contribution in [1.82, 2.24) is 10.2 Å². The number of nitrogens with zero attached hydrogens (tertiary/aromatic N) is 1. The quantitative estimate of drug-likeness (QED) is 0.776. The fourth-order valence-corrected chi connectivity index (χ4v) is 4.46. The minimum absolute atomic E-state index is 0.0462. The number of carboxylic acids is 1. The van der Waals surface area contributed by atoms with Crippen LogP contribution >= 0.6 is 0 Å². The van der Waals surface area contributed by atoms with Gasteiger partial charge in [0.1, 0.15) is 0 Å². The molecule has 0 aromatic heterocycles. The molecule has 1 saturated heterocycles. The van der Waals surface area contributed by atoms with Crippen molar-refractivity contribution < 1.29 is 19.4 Å². The Labute approximate surface area is 131 Å². The highest BCUT2D eigenvalue weighted by Gasteiger charge is 2.50. The Kier molecular flexibility index (Phi) is 4.98. The summed E-state index contributed by atoms with van der Waals surface area (Å²) in [6.45, 7) is 4.72. The highest BCUT2D eigenvalue weighted by Crippen LogP contribution is 2.49. The minimum atomic E-state index is -0.789. The second kappa shape index (κ2) is 6.96. The predicted octanol–water partition coefficient (Wildman–Crippen LogP) is 0.572. The molecular formula is C16H26N2O4. The summed E-state index contributed by atoms with van der Waals surface area (Å²) in [7, 11) is 0. The van der Waals surface area contributed by atoms with Crippen LogP contribution in [-0.2, 0) is 14.3 Å². The molecule has 2 N–H and O–H groups in total. The number of fused-ring (bicyclic) bond motifs is 3. The number of morpholine rings is 1. The molecule has 2 bridgehead atoms. The normalized spacial score (nSPS) is 35.3. The van der Waals surface area contributed by atoms with E-state index in [2.05, 4.69) is 10.2 Å². The maximum absolute atomic E-state index is 12.5. The van der Waals surface area contributed by atoms with E-state index < -0.39 is 11.9 Å². The number of hydrogen-bond donors (Lipinski definition) is 2. The number of nitrogens with one attached hydrogen (secondary N) is 1. The maximum atomic E-state index is 12.5. The second-order valence-corrected chi connectivity index (χ2v) is 6.81. The van der Waals surface area contributed by atoms with Crippen molar-refractivity contribution in [3.8, 4) is 0 Å². The Morgan fingerprint density at radius 1 is 1.05 bits per heavy atom. The molecule has 3 aliphatic carbocycles. The number of rotatable bonds is 5. The van der Waals surface area contributed by atoms with Gasteiger partial charge in [-0.25, -0.2) is 0 Å². The summed E-state index contributed by atoms with van der Waals surface area (Å²) in [5, 5.41) is 12.5. The number of ether oxygens (including phenoxy) is 1. The molecule has 0 spiro atoms. The van der Waals surface area contributed by atoms with Crippen molar-refractivity contribution in [3.05, 3.63) is 0 Å². The summed E-state index contributed by atoms with van der Waals surface area (Å²) in [4.78, 5) is 26.4. The highest BCUT2D eigenvalue weighted by atomic mass is 16.5. The molecular weight excluding hydrogens is 284 g/mol. The van der Waals surface area contributed by atoms with Gasteiger partial charge in [0.25, 0.3) is 0 Å². The van der Waals surface area contributed by atoms with Crippen LogP contribution in [0, 0.1) is 23.7 Å². The van der Waals surface area contributed by atoms with Crippen molar-refractivity contribution in [2.75, 3.05) is 39.4 Å². The zero-order valence-corrected chi connectivity index (χ0v) is 13.0. The summed E-state index contributed by atoms with van der Waals surface area (Å²) in [5.74, 6) is -1.18. The molecule has 1 aliphatic heterocycles. The Morgan fingerprint density at radius 2 is 1.64 bits per heavy atom. The third-order valence-electron chi connectivity index (χ3n) is 5.64. The van der Waals surface area contributed by atoms with E-state index in [1.807, 2.05) is 0 Å². The average Bonchev–Trinajstić information content (AvgIpc) is 2.55. The van der Waals surface area contributed by atoms with Crippen LogP contribution < -0.4 is 5.32 Å². The molecule has 1 amide bonds. The number of carbonyl (C=O) groups excluding carboxylic acids is 1. The van der Waals surface area contributed by atoms with Crippen LogP contribution in [0.5, 0.6) is 0 Å². The van der Waals surface area contributed by atoms with E-state index in [-0.39, 0.29) is 23.7 Å². The molecule has 0 radical (unpaired) electrons. The number of carboxylic acid groups (broad SMARTS) is 1. The zero-order valence-electron chi connectivity index (χ0n) is 13.0. The largest absolute Gasteiger partial charge is 0.481 e. The molecule has 4 fully saturated rings. The van der Waals surface area contributed by atoms with E-state index in [9.17, 15) is 14.7 Å². The number of amides is 1. The highest BCUT2D eigenvalue weighted by molar-refractivity contribution is 5.85. The Bertz CT molecular complexity index is 414. The van der Waals surface area contributed by atoms with Gasteiger partial charge in [-0.1, -0.05) is 0 Å². The molecule has 3 saturated carbocycles. The number of carbonyl (C=O) groups is 2. The van der Waals surface area contributed by atoms with Gasteiger partial charge in [-0.05, 0) is 37.5 Å². The molecule has 6 nitrogen and oxygen atoms in total. The molecule has 1 heterocycles. The van der Waals surface area contributed by atoms with Crippen molar-refractivity contribution in [1.29, 1.82) is 0 Å². The van der Waals surface area contributed by atoms with Gasteiger partial charge < -0.3 is 15.2 Å². The first-order valence-electron chi connectivity index (χ1n) is 8.47. The van der Waals surface area contributed by atoms with Gasteiger partial charge in [-0.15, -0.1) is 0 Å². The van der Waals surface area contributed by atoms with E-state index in [0.29, 0.717) is 6.54 Å². The van der Waals surface area contributed by atoms with Crippen LogP contribution in [0.4, 0.5) is 0 Å². The Hall–Kier alpha value is -1.14. The van der Waals surface area contributed by atoms with Crippen LogP contribution in [0.25, 0.3) is 0 Å². The van der Waals surface area contributed by atoms with Gasteiger partial charge in [0.2, 0.25) is 5.91 Å². The van der Waals surface area contributed by atoms with E-state index in [4.69, 9.17) is 4.74 Å². The lowest BCUT2D eigenvalue weighted by molar-refractivity contribution is -0.158. The zero-order chi connectivity index (χ0) is 15.5. The Morgan fingerprint density at radius 3 is 2.23 bits per heavy atom. The van der Waals surface area contributed by atoms with Gasteiger partial charge >= 0.3 is 5.97 Å². The van der Waals surface area contributed by atoms with Crippen LogP contribution in [0.15, 0.2) is 0 Å². The molecule has 0 aromatic carbocycles. The van der Waals surface area contributed by atoms with Gasteiger partial charge in [0.15, 0.2) is 0 Å². The standard InChI is InChI=1S/C16H26N2O4/c19-15(17-5-6-18-7-9-22-10-8-18)13-11-1-3-12(4-2-11)14(13)16(20)21/h11-14H,1-10H2,(H,17,19)(H,20,21)/t11?,12?,13-,14-/m1/s1. The summed E-state index contributed by atoms with van der Waals surface area (Å²) in [6, 6.07) is 0. The predicted molar refractivity (Wildman–Crippen MR) is 80.3 cm³/mol. The van der Waals surface area contributed by atoms with E-state index in [1.165, 1.54) is 0 Å². The third kappa shape index (κ3) is 3.27. The van der Waals surface area contributed by atoms with Gasteiger partial charge in [-0.3, -0.25) is 14.5 Å². The van der Waals surface area contributed by atoms with Gasteiger partial charge in [-0.2, -0.15) is 0 Å². The smallest absolute Gasteiger partial charge is 0.307 e. The SMILES string of the molecule is O=C(O)[C@@H]1C2CCC(CC2)[C@H]1C(=O)NCCN1CCOCC1. The Balaban J connectivity index is 1.52. The summed E-state index contributed by atoms with van der Waals surface area (Å²) in [6.07, 6.45) is 3.96. The second-order valence-electron chi connectivity index (χ2n) is 6.81. The van der Waals surface area contributed by atoms with Crippen LogP contribution in [0.3, 0.4) is 0 Å². The lowest BCUT2D eigenvalue weighted by Gasteiger charge is -2.45. The lowest BCUT2D eigenvalue weighted by Crippen LogP contribution is -2.51. The minimum Gasteiger partial charge on any atom is -0.481 e. The lowest BCUT2D eigenvalue weighted by atomic mass is 9.58. The van der Waals surface area contributed by atoms with Crippen molar-refractivity contribution in [3.63, 3.8) is 0 Å². The van der Waals surface area contributed by atoms with Crippen molar-refractivity contribution in [2.45, 2.75) is 25.7 Å². The average molecular weight is 310 g/mol. The topological polar surface area (TPSA) is 78.9 Å². The molecule has 6 heteroatoms. The fourth-order valence-electron chi connectivity index (χ4n) is 4.46. The summed E-state index contributed by atoms with van der Waals surface area (Å²) >= 11 is 0. The summed E-state index contributed by atoms with van der Waals surface area (Å²) < 4.78 is 5.30. The molecule has 4 rings (SSSR count). The summed E-state index contributed by atoms with van der Waals surface area (Å²) in [5.41, 5.74) is 0. The first-order valence-corrected chi connectivity index (χ1v) is 8.47. The van der Waals surface area contributed by atoms with Gasteiger partial charge in [0.05, 0.1) is 25.0 Å². The van der Waals surface area contributed by atoms with E-state index in [1.54, 1.807) is 0 Å².